The minimum Gasteiger partial charge on any atom is -0.391 e. The molecular weight excluding hydrogens is 604 g/mol. The third-order valence-corrected chi connectivity index (χ3v) is 8.78. The van der Waals surface area contributed by atoms with E-state index in [4.69, 9.17) is 0 Å². The molecule has 218 valence electrons. The van der Waals surface area contributed by atoms with Crippen LogP contribution in [0.4, 0.5) is 0 Å². The molecule has 2 heterocycles. The molecule has 3 N–H and O–H groups in total. The fourth-order valence-electron chi connectivity index (χ4n) is 5.06. The zero-order valence-corrected chi connectivity index (χ0v) is 26.4. The third kappa shape index (κ3) is 7.61. The molecule has 8 nitrogen and oxygen atoms in total. The van der Waals surface area contributed by atoms with Crippen LogP contribution in [0.15, 0.2) is 58.5 Å². The molecule has 1 saturated heterocycles. The van der Waals surface area contributed by atoms with Crippen LogP contribution in [0, 0.1) is 12.3 Å². The highest BCUT2D eigenvalue weighted by Crippen LogP contribution is 2.29. The van der Waals surface area contributed by atoms with Gasteiger partial charge in [0.1, 0.15) is 12.1 Å². The van der Waals surface area contributed by atoms with Gasteiger partial charge in [0.15, 0.2) is 0 Å². The van der Waals surface area contributed by atoms with Crippen LogP contribution in [-0.4, -0.2) is 57.4 Å². The highest BCUT2D eigenvalue weighted by atomic mass is 79.9. The SMILES string of the molecule is Cc1ncsc1-c1ccc([C@H](C)NC(=O)[C@@H]2C[C@@H](O)CN2C(=O)C(NC(=O)Cc2cccc(Br)c2)C(C)(C)C)cc1. The van der Waals surface area contributed by atoms with Gasteiger partial charge >= 0.3 is 0 Å². The van der Waals surface area contributed by atoms with E-state index in [-0.39, 0.29) is 43.1 Å². The number of aromatic nitrogens is 1. The number of nitrogens with one attached hydrogen (secondary N) is 2. The predicted molar refractivity (Wildman–Crippen MR) is 164 cm³/mol. The van der Waals surface area contributed by atoms with E-state index in [9.17, 15) is 19.5 Å². The van der Waals surface area contributed by atoms with Crippen molar-refractivity contribution in [2.75, 3.05) is 6.54 Å². The summed E-state index contributed by atoms with van der Waals surface area (Å²) < 4.78 is 0.867. The Morgan fingerprint density at radius 2 is 1.85 bits per heavy atom. The van der Waals surface area contributed by atoms with Crippen molar-refractivity contribution in [3.8, 4) is 10.4 Å². The Morgan fingerprint density at radius 3 is 2.46 bits per heavy atom. The molecule has 1 aliphatic heterocycles. The Labute approximate surface area is 253 Å². The number of hydrogen-bond donors (Lipinski definition) is 3. The molecule has 3 aromatic rings. The standard InChI is InChI=1S/C31H37BrN4O4S/c1-18(21-9-11-22(12-10-21)27-19(2)33-17-41-27)34-29(39)25-15-24(37)16-36(25)30(40)28(31(3,4)5)35-26(38)14-20-7-6-8-23(32)13-20/h6-13,17-18,24-25,28,37H,14-16H2,1-5H3,(H,34,39)(H,35,38)/t18-,24+,25-,28?/m0/s1. The second-order valence-electron chi connectivity index (χ2n) is 11.7. The Morgan fingerprint density at radius 1 is 1.15 bits per heavy atom. The number of hydrogen-bond acceptors (Lipinski definition) is 6. The molecular formula is C31H37BrN4O4S. The summed E-state index contributed by atoms with van der Waals surface area (Å²) in [6, 6.07) is 13.4. The first-order chi connectivity index (χ1) is 19.3. The molecule has 10 heteroatoms. The average Bonchev–Trinajstić information content (AvgIpc) is 3.51. The molecule has 0 saturated carbocycles. The fourth-order valence-corrected chi connectivity index (χ4v) is 6.32. The number of nitrogens with zero attached hydrogens (tertiary/aromatic N) is 2. The summed E-state index contributed by atoms with van der Waals surface area (Å²) in [5.74, 6) is -1.01. The summed E-state index contributed by atoms with van der Waals surface area (Å²) in [7, 11) is 0. The number of likely N-dealkylation sites (tertiary alicyclic amines) is 1. The lowest BCUT2D eigenvalue weighted by Gasteiger charge is -2.35. The van der Waals surface area contributed by atoms with Crippen LogP contribution in [0.5, 0.6) is 0 Å². The van der Waals surface area contributed by atoms with Crippen LogP contribution in [-0.2, 0) is 20.8 Å². The minimum atomic E-state index is -0.872. The van der Waals surface area contributed by atoms with Crippen LogP contribution in [0.25, 0.3) is 10.4 Å². The van der Waals surface area contributed by atoms with E-state index in [1.165, 1.54) is 4.90 Å². The largest absolute Gasteiger partial charge is 0.391 e. The number of amides is 3. The van der Waals surface area contributed by atoms with Gasteiger partial charge in [-0.05, 0) is 48.1 Å². The number of carbonyl (C=O) groups is 3. The Kier molecular flexibility index (Phi) is 9.66. The maximum Gasteiger partial charge on any atom is 0.246 e. The molecule has 2 aromatic carbocycles. The number of aryl methyl sites for hydroxylation is 1. The van der Waals surface area contributed by atoms with Gasteiger partial charge in [-0.2, -0.15) is 0 Å². The number of rotatable bonds is 8. The van der Waals surface area contributed by atoms with Gasteiger partial charge in [-0.1, -0.05) is 73.1 Å². The van der Waals surface area contributed by atoms with Crippen molar-refractivity contribution in [2.45, 2.75) is 71.7 Å². The highest BCUT2D eigenvalue weighted by molar-refractivity contribution is 9.10. The second kappa shape index (κ2) is 12.8. The Bertz CT molecular complexity index is 1400. The zero-order valence-electron chi connectivity index (χ0n) is 24.0. The van der Waals surface area contributed by atoms with E-state index in [2.05, 4.69) is 31.5 Å². The Hall–Kier alpha value is -3.08. The van der Waals surface area contributed by atoms with Gasteiger partial charge in [-0.25, -0.2) is 4.98 Å². The molecule has 1 aliphatic rings. The number of aliphatic hydroxyl groups is 1. The maximum atomic E-state index is 13.8. The average molecular weight is 642 g/mol. The summed E-state index contributed by atoms with van der Waals surface area (Å²) >= 11 is 5.00. The lowest BCUT2D eigenvalue weighted by molar-refractivity contribution is -0.144. The summed E-state index contributed by atoms with van der Waals surface area (Å²) in [6.07, 6.45) is -0.577. The number of carbonyl (C=O) groups excluding carboxylic acids is 3. The summed E-state index contributed by atoms with van der Waals surface area (Å²) in [5, 5.41) is 16.4. The fraction of sp³-hybridized carbons (Fsp3) is 0.419. The molecule has 1 fully saturated rings. The molecule has 0 radical (unpaired) electrons. The molecule has 1 aromatic heterocycles. The molecule has 0 spiro atoms. The van der Waals surface area contributed by atoms with Crippen molar-refractivity contribution in [1.29, 1.82) is 0 Å². The number of thiazole rings is 1. The monoisotopic (exact) mass is 640 g/mol. The highest BCUT2D eigenvalue weighted by Gasteiger charge is 2.44. The van der Waals surface area contributed by atoms with Gasteiger partial charge in [0.2, 0.25) is 17.7 Å². The third-order valence-electron chi connectivity index (χ3n) is 7.31. The molecule has 3 amide bonds. The minimum absolute atomic E-state index is 0.0300. The predicted octanol–water partition coefficient (Wildman–Crippen LogP) is 4.79. The van der Waals surface area contributed by atoms with Crippen molar-refractivity contribution in [2.24, 2.45) is 5.41 Å². The van der Waals surface area contributed by atoms with Crippen LogP contribution in [0.2, 0.25) is 0 Å². The van der Waals surface area contributed by atoms with E-state index >= 15 is 0 Å². The van der Waals surface area contributed by atoms with Gasteiger partial charge in [-0.3, -0.25) is 14.4 Å². The van der Waals surface area contributed by atoms with Crippen molar-refractivity contribution < 1.29 is 19.5 Å². The second-order valence-corrected chi connectivity index (χ2v) is 13.5. The van der Waals surface area contributed by atoms with E-state index in [1.54, 1.807) is 11.3 Å². The molecule has 41 heavy (non-hydrogen) atoms. The van der Waals surface area contributed by atoms with Gasteiger partial charge in [0, 0.05) is 17.4 Å². The Balaban J connectivity index is 1.45. The number of aliphatic hydroxyl groups excluding tert-OH is 1. The van der Waals surface area contributed by atoms with E-state index in [0.29, 0.717) is 0 Å². The maximum absolute atomic E-state index is 13.8. The van der Waals surface area contributed by atoms with Gasteiger partial charge in [0.05, 0.1) is 34.6 Å². The lowest BCUT2D eigenvalue weighted by atomic mass is 9.85. The first-order valence-corrected chi connectivity index (χ1v) is 15.3. The molecule has 0 aliphatic carbocycles. The lowest BCUT2D eigenvalue weighted by Crippen LogP contribution is -2.58. The normalized spacial score (nSPS) is 18.6. The van der Waals surface area contributed by atoms with Gasteiger partial charge in [0.25, 0.3) is 0 Å². The summed E-state index contributed by atoms with van der Waals surface area (Å²) in [5.41, 5.74) is 4.99. The topological polar surface area (TPSA) is 112 Å². The number of halogens is 1. The van der Waals surface area contributed by atoms with E-state index < -0.39 is 23.6 Å². The van der Waals surface area contributed by atoms with Gasteiger partial charge in [-0.15, -0.1) is 11.3 Å². The number of β-amino-alcohol motifs (C(OH)–C–C–N with tert-alkyl or cyclic N) is 1. The van der Waals surface area contributed by atoms with Crippen molar-refractivity contribution in [1.82, 2.24) is 20.5 Å². The number of benzene rings is 2. The van der Waals surface area contributed by atoms with Crippen molar-refractivity contribution >= 4 is 45.0 Å². The van der Waals surface area contributed by atoms with Crippen LogP contribution in [0.1, 0.15) is 57.0 Å². The van der Waals surface area contributed by atoms with Crippen molar-refractivity contribution in [3.63, 3.8) is 0 Å². The molecule has 0 bridgehead atoms. The van der Waals surface area contributed by atoms with E-state index in [0.717, 1.165) is 31.7 Å². The first-order valence-electron chi connectivity index (χ1n) is 13.7. The first kappa shape index (κ1) is 30.9. The zero-order chi connectivity index (χ0) is 29.9. The smallest absolute Gasteiger partial charge is 0.246 e. The van der Waals surface area contributed by atoms with Gasteiger partial charge < -0.3 is 20.6 Å². The molecule has 4 rings (SSSR count). The molecule has 1 unspecified atom stereocenters. The molecule has 4 atom stereocenters. The van der Waals surface area contributed by atoms with Crippen LogP contribution >= 0.6 is 27.3 Å². The summed E-state index contributed by atoms with van der Waals surface area (Å²) in [4.78, 5) is 47.1. The van der Waals surface area contributed by atoms with Crippen molar-refractivity contribution in [3.05, 3.63) is 75.3 Å². The summed E-state index contributed by atoms with van der Waals surface area (Å²) in [6.45, 7) is 9.51. The van der Waals surface area contributed by atoms with Crippen LogP contribution in [0.3, 0.4) is 0 Å². The van der Waals surface area contributed by atoms with Crippen LogP contribution < -0.4 is 10.6 Å². The van der Waals surface area contributed by atoms with E-state index in [1.807, 2.05) is 88.7 Å². The quantitative estimate of drug-likeness (QED) is 0.328.